The molecule has 2 aromatic carbocycles. The molecule has 0 saturated heterocycles. The fourth-order valence-corrected chi connectivity index (χ4v) is 4.40. The summed E-state index contributed by atoms with van der Waals surface area (Å²) in [5.74, 6) is -0.532. The molecular weight excluding hydrogens is 383 g/mol. The number of nitrogens with zero attached hydrogens (tertiary/aromatic N) is 2. The summed E-state index contributed by atoms with van der Waals surface area (Å²) in [4.78, 5) is 16.7. The molecule has 0 unspecified atom stereocenters. The van der Waals surface area contributed by atoms with Crippen molar-refractivity contribution in [3.8, 4) is 0 Å². The number of hydrogen-bond donors (Lipinski definition) is 0. The molecule has 0 bridgehead atoms. The number of hydrogen-bond acceptors (Lipinski definition) is 4. The van der Waals surface area contributed by atoms with E-state index >= 15 is 0 Å². The quantitative estimate of drug-likeness (QED) is 0.794. The highest BCUT2D eigenvalue weighted by Gasteiger charge is 2.36. The number of aryl methyl sites for hydroxylation is 1. The topological polar surface area (TPSA) is 66.8 Å². The lowest BCUT2D eigenvalue weighted by Crippen LogP contribution is -2.45. The van der Waals surface area contributed by atoms with E-state index in [9.17, 15) is 13.2 Å². The van der Waals surface area contributed by atoms with Gasteiger partial charge < -0.3 is 0 Å². The van der Waals surface area contributed by atoms with E-state index in [1.54, 1.807) is 24.3 Å². The van der Waals surface area contributed by atoms with E-state index < -0.39 is 15.9 Å². The molecule has 0 N–H and O–H groups in total. The Balaban J connectivity index is 2.14. The molecule has 8 heteroatoms. The first-order valence-corrected chi connectivity index (χ1v) is 9.65. The molecule has 0 radical (unpaired) electrons. The molecule has 5 nitrogen and oxygen atoms in total. The van der Waals surface area contributed by atoms with Gasteiger partial charge in [-0.2, -0.15) is 4.31 Å². The lowest BCUT2D eigenvalue weighted by molar-refractivity contribution is -0.124. The average molecular weight is 397 g/mol. The molecule has 1 heterocycles. The van der Waals surface area contributed by atoms with E-state index in [1.807, 2.05) is 6.92 Å². The second-order valence-electron chi connectivity index (χ2n) is 5.56. The fraction of sp³-hybridized carbons (Fsp3) is 0.176. The van der Waals surface area contributed by atoms with Crippen LogP contribution in [0.1, 0.15) is 17.5 Å². The number of amidine groups is 1. The molecule has 1 aliphatic rings. The van der Waals surface area contributed by atoms with Gasteiger partial charge >= 0.3 is 0 Å². The Kier molecular flexibility index (Phi) is 4.86. The Labute approximate surface area is 155 Å². The molecule has 2 aromatic rings. The Morgan fingerprint density at radius 2 is 1.76 bits per heavy atom. The molecule has 0 atom stereocenters. The van der Waals surface area contributed by atoms with Crippen molar-refractivity contribution >= 4 is 45.0 Å². The highest BCUT2D eigenvalue weighted by atomic mass is 35.5. The highest BCUT2D eigenvalue weighted by Crippen LogP contribution is 2.28. The van der Waals surface area contributed by atoms with Crippen LogP contribution in [-0.2, 0) is 14.8 Å². The van der Waals surface area contributed by atoms with Gasteiger partial charge in [0.05, 0.1) is 16.5 Å². The summed E-state index contributed by atoms with van der Waals surface area (Å²) in [6.45, 7) is 2.05. The van der Waals surface area contributed by atoms with Crippen molar-refractivity contribution in [2.45, 2.75) is 18.2 Å². The number of halogens is 2. The third-order valence-electron chi connectivity index (χ3n) is 3.74. The first-order valence-electron chi connectivity index (χ1n) is 7.45. The first-order chi connectivity index (χ1) is 11.8. The van der Waals surface area contributed by atoms with E-state index in [0.717, 1.165) is 9.87 Å². The third kappa shape index (κ3) is 3.42. The number of carbonyl (C=O) groups excluding carboxylic acids is 1. The van der Waals surface area contributed by atoms with Crippen LogP contribution in [0.3, 0.4) is 0 Å². The summed E-state index contributed by atoms with van der Waals surface area (Å²) in [7, 11) is -4.09. The molecule has 0 aliphatic carbocycles. The minimum Gasteiger partial charge on any atom is -0.273 e. The van der Waals surface area contributed by atoms with Crippen LogP contribution in [0.25, 0.3) is 0 Å². The van der Waals surface area contributed by atoms with Gasteiger partial charge in [-0.3, -0.25) is 9.79 Å². The fourth-order valence-electron chi connectivity index (χ4n) is 2.47. The van der Waals surface area contributed by atoms with Crippen molar-refractivity contribution < 1.29 is 13.2 Å². The molecule has 0 saturated carbocycles. The van der Waals surface area contributed by atoms with Crippen LogP contribution in [0, 0.1) is 6.92 Å². The summed E-state index contributed by atoms with van der Waals surface area (Å²) >= 11 is 12.1. The van der Waals surface area contributed by atoms with Gasteiger partial charge in [0.1, 0.15) is 0 Å². The van der Waals surface area contributed by atoms with Gasteiger partial charge in [-0.1, -0.05) is 40.9 Å². The molecule has 1 amide bonds. The van der Waals surface area contributed by atoms with Crippen molar-refractivity contribution in [1.29, 1.82) is 0 Å². The predicted octanol–water partition coefficient (Wildman–Crippen LogP) is 3.67. The van der Waals surface area contributed by atoms with Gasteiger partial charge in [0, 0.05) is 17.0 Å². The van der Waals surface area contributed by atoms with E-state index in [4.69, 9.17) is 23.2 Å². The van der Waals surface area contributed by atoms with Crippen molar-refractivity contribution in [3.05, 3.63) is 63.6 Å². The number of rotatable bonds is 3. The lowest BCUT2D eigenvalue weighted by Gasteiger charge is -2.27. The SMILES string of the molecule is Cc1ccc(S(=O)(=O)N2C(=O)CCN=C2c2ccc(Cl)cc2Cl)cc1. The van der Waals surface area contributed by atoms with Gasteiger partial charge in [0.25, 0.3) is 10.0 Å². The summed E-state index contributed by atoms with van der Waals surface area (Å²) in [6, 6.07) is 10.9. The highest BCUT2D eigenvalue weighted by molar-refractivity contribution is 7.90. The minimum absolute atomic E-state index is 0.0125. The van der Waals surface area contributed by atoms with Gasteiger partial charge in [-0.25, -0.2) is 8.42 Å². The smallest absolute Gasteiger partial charge is 0.272 e. The van der Waals surface area contributed by atoms with Crippen molar-refractivity contribution in [1.82, 2.24) is 4.31 Å². The first kappa shape index (κ1) is 17.9. The number of amides is 1. The number of sulfonamides is 1. The van der Waals surface area contributed by atoms with Gasteiger partial charge in [0.2, 0.25) is 5.91 Å². The van der Waals surface area contributed by atoms with Crippen LogP contribution in [0.15, 0.2) is 52.4 Å². The van der Waals surface area contributed by atoms with Crippen LogP contribution in [0.2, 0.25) is 10.0 Å². The summed E-state index contributed by atoms with van der Waals surface area (Å²) < 4.78 is 26.8. The monoisotopic (exact) mass is 396 g/mol. The van der Waals surface area contributed by atoms with E-state index in [0.29, 0.717) is 10.6 Å². The van der Waals surface area contributed by atoms with Gasteiger partial charge in [0.15, 0.2) is 5.84 Å². The Bertz CT molecular complexity index is 970. The second kappa shape index (κ2) is 6.78. The lowest BCUT2D eigenvalue weighted by atomic mass is 10.2. The van der Waals surface area contributed by atoms with Gasteiger partial charge in [-0.15, -0.1) is 0 Å². The van der Waals surface area contributed by atoms with Crippen LogP contribution in [0.5, 0.6) is 0 Å². The normalized spacial score (nSPS) is 15.2. The Morgan fingerprint density at radius 1 is 1.08 bits per heavy atom. The van der Waals surface area contributed by atoms with E-state index in [1.165, 1.54) is 18.2 Å². The molecule has 3 rings (SSSR count). The number of carbonyl (C=O) groups is 1. The van der Waals surface area contributed by atoms with Crippen LogP contribution in [0.4, 0.5) is 0 Å². The molecule has 130 valence electrons. The Morgan fingerprint density at radius 3 is 2.40 bits per heavy atom. The van der Waals surface area contributed by atoms with Crippen molar-refractivity contribution in [3.63, 3.8) is 0 Å². The number of aliphatic imine (C=N–C) groups is 1. The third-order valence-corrected chi connectivity index (χ3v) is 6.01. The maximum absolute atomic E-state index is 13.0. The summed E-state index contributed by atoms with van der Waals surface area (Å²) in [6.07, 6.45) is 0.0137. The van der Waals surface area contributed by atoms with Gasteiger partial charge in [-0.05, 0) is 37.3 Å². The average Bonchev–Trinajstić information content (AvgIpc) is 2.55. The summed E-state index contributed by atoms with van der Waals surface area (Å²) in [5.41, 5.74) is 1.26. The van der Waals surface area contributed by atoms with E-state index in [-0.39, 0.29) is 28.7 Å². The predicted molar refractivity (Wildman–Crippen MR) is 97.7 cm³/mol. The minimum atomic E-state index is -4.09. The zero-order chi connectivity index (χ0) is 18.2. The second-order valence-corrected chi connectivity index (χ2v) is 8.19. The Hall–Kier alpha value is -1.89. The molecule has 0 spiro atoms. The zero-order valence-corrected chi connectivity index (χ0v) is 15.6. The van der Waals surface area contributed by atoms with Crippen LogP contribution < -0.4 is 0 Å². The molecule has 0 aromatic heterocycles. The molecular formula is C17H14Cl2N2O3S. The largest absolute Gasteiger partial charge is 0.273 e. The molecule has 25 heavy (non-hydrogen) atoms. The summed E-state index contributed by atoms with van der Waals surface area (Å²) in [5, 5.41) is 0.634. The molecule has 1 aliphatic heterocycles. The van der Waals surface area contributed by atoms with Crippen molar-refractivity contribution in [2.24, 2.45) is 4.99 Å². The number of benzene rings is 2. The van der Waals surface area contributed by atoms with Crippen LogP contribution >= 0.6 is 23.2 Å². The maximum atomic E-state index is 13.0. The van der Waals surface area contributed by atoms with Crippen LogP contribution in [-0.4, -0.2) is 31.0 Å². The zero-order valence-electron chi connectivity index (χ0n) is 13.2. The standard InChI is InChI=1S/C17H14Cl2N2O3S/c1-11-2-5-13(6-3-11)25(23,24)21-16(22)8-9-20-17(21)14-7-4-12(18)10-15(14)19/h2-7,10H,8-9H2,1H3. The van der Waals surface area contributed by atoms with E-state index in [2.05, 4.69) is 4.99 Å². The van der Waals surface area contributed by atoms with Crippen molar-refractivity contribution in [2.75, 3.05) is 6.54 Å². The maximum Gasteiger partial charge on any atom is 0.272 e. The molecule has 0 fully saturated rings.